The van der Waals surface area contributed by atoms with E-state index in [4.69, 9.17) is 0 Å². The third-order valence-corrected chi connectivity index (χ3v) is 6.62. The number of carbonyl (C=O) groups excluding carboxylic acids is 1. The second kappa shape index (κ2) is 5.26. The van der Waals surface area contributed by atoms with Gasteiger partial charge in [-0.15, -0.1) is 23.1 Å². The van der Waals surface area contributed by atoms with Gasteiger partial charge in [0.15, 0.2) is 0 Å². The second-order valence-corrected chi connectivity index (χ2v) is 7.96. The Bertz CT molecular complexity index is 699. The fourth-order valence-corrected chi connectivity index (χ4v) is 4.97. The molecule has 4 heterocycles. The van der Waals surface area contributed by atoms with Crippen LogP contribution < -0.4 is 5.32 Å². The molecule has 4 nitrogen and oxygen atoms in total. The van der Waals surface area contributed by atoms with Crippen molar-refractivity contribution in [3.05, 3.63) is 24.0 Å². The quantitative estimate of drug-likeness (QED) is 0.883. The van der Waals surface area contributed by atoms with Crippen molar-refractivity contribution >= 4 is 39.1 Å². The summed E-state index contributed by atoms with van der Waals surface area (Å²) in [7, 11) is 0. The lowest BCUT2D eigenvalue weighted by atomic mass is 10.00. The monoisotopic (exact) mass is 319 g/mol. The van der Waals surface area contributed by atoms with Crippen molar-refractivity contribution in [3.63, 3.8) is 0 Å². The van der Waals surface area contributed by atoms with Crippen LogP contribution in [0.25, 0.3) is 10.1 Å². The van der Waals surface area contributed by atoms with Gasteiger partial charge in [0.2, 0.25) is 0 Å². The SMILES string of the molecule is CSc1cc2cnc(C(=O)NC3CN4CC[C@H]3C4)cc2s1. The van der Waals surface area contributed by atoms with Crippen molar-refractivity contribution in [2.24, 2.45) is 5.92 Å². The minimum Gasteiger partial charge on any atom is -0.346 e. The highest BCUT2D eigenvalue weighted by Gasteiger charge is 2.38. The van der Waals surface area contributed by atoms with Crippen molar-refractivity contribution in [2.75, 3.05) is 25.9 Å². The van der Waals surface area contributed by atoms with Gasteiger partial charge in [-0.3, -0.25) is 9.78 Å². The molecule has 2 aromatic heterocycles. The molecule has 3 atom stereocenters. The Labute approximate surface area is 131 Å². The lowest BCUT2D eigenvalue weighted by Crippen LogP contribution is -2.43. The molecule has 6 heteroatoms. The third-order valence-electron chi connectivity index (χ3n) is 4.46. The third kappa shape index (κ3) is 2.45. The maximum Gasteiger partial charge on any atom is 0.270 e. The minimum atomic E-state index is -0.0326. The average molecular weight is 319 g/mol. The first-order chi connectivity index (χ1) is 10.2. The standard InChI is InChI=1S/C15H17N3OS2/c1-20-14-4-10-6-16-11(5-13(10)21-14)15(19)17-12-8-18-3-2-9(12)7-18/h4-6,9,12H,2-3,7-8H2,1H3,(H,17,19)/t9-,12?/m0/s1. The van der Waals surface area contributed by atoms with Crippen molar-refractivity contribution in [2.45, 2.75) is 16.7 Å². The summed E-state index contributed by atoms with van der Waals surface area (Å²) >= 11 is 3.45. The lowest BCUT2D eigenvalue weighted by Gasteiger charge is -2.22. The Balaban J connectivity index is 1.53. The number of fused-ring (bicyclic) bond motifs is 3. The number of rotatable bonds is 3. The zero-order chi connectivity index (χ0) is 14.4. The summed E-state index contributed by atoms with van der Waals surface area (Å²) in [6.45, 7) is 3.32. The zero-order valence-corrected chi connectivity index (χ0v) is 13.5. The molecule has 2 aromatic rings. The molecule has 0 aromatic carbocycles. The number of pyridine rings is 1. The molecule has 0 spiro atoms. The summed E-state index contributed by atoms with van der Waals surface area (Å²) in [5.41, 5.74) is 0.537. The van der Waals surface area contributed by atoms with E-state index in [1.54, 1.807) is 23.1 Å². The van der Waals surface area contributed by atoms with Crippen LogP contribution >= 0.6 is 23.1 Å². The van der Waals surface area contributed by atoms with Crippen LogP contribution in [0.1, 0.15) is 16.9 Å². The van der Waals surface area contributed by atoms with Crippen LogP contribution in [0.15, 0.2) is 22.5 Å². The van der Waals surface area contributed by atoms with Gasteiger partial charge in [0.05, 0.1) is 4.21 Å². The Morgan fingerprint density at radius 2 is 2.38 bits per heavy atom. The van der Waals surface area contributed by atoms with Crippen LogP contribution in [0, 0.1) is 5.92 Å². The van der Waals surface area contributed by atoms with Crippen LogP contribution in [0.3, 0.4) is 0 Å². The molecule has 2 unspecified atom stereocenters. The summed E-state index contributed by atoms with van der Waals surface area (Å²) in [5, 5.41) is 4.29. The van der Waals surface area contributed by atoms with Crippen molar-refractivity contribution in [1.82, 2.24) is 15.2 Å². The molecule has 0 radical (unpaired) electrons. The van der Waals surface area contributed by atoms with Gasteiger partial charge in [0.25, 0.3) is 5.91 Å². The van der Waals surface area contributed by atoms with Crippen LogP contribution in [0.2, 0.25) is 0 Å². The van der Waals surface area contributed by atoms with E-state index >= 15 is 0 Å². The first-order valence-electron chi connectivity index (χ1n) is 7.20. The van der Waals surface area contributed by atoms with Crippen LogP contribution in [0.5, 0.6) is 0 Å². The molecule has 2 fully saturated rings. The highest BCUT2D eigenvalue weighted by atomic mass is 32.2. The van der Waals surface area contributed by atoms with Gasteiger partial charge in [-0.25, -0.2) is 0 Å². The van der Waals surface area contributed by atoms with E-state index in [1.165, 1.54) is 17.2 Å². The second-order valence-electron chi connectivity index (χ2n) is 5.77. The molecule has 110 valence electrons. The number of nitrogens with zero attached hydrogens (tertiary/aromatic N) is 2. The van der Waals surface area contributed by atoms with Gasteiger partial charge in [-0.2, -0.15) is 0 Å². The Kier molecular flexibility index (Phi) is 3.40. The number of amides is 1. The molecule has 4 rings (SSSR count). The van der Waals surface area contributed by atoms with E-state index in [0.29, 0.717) is 17.7 Å². The fourth-order valence-electron chi connectivity index (χ4n) is 3.32. The number of piperidine rings is 1. The predicted molar refractivity (Wildman–Crippen MR) is 87.2 cm³/mol. The molecule has 0 saturated carbocycles. The molecule has 2 bridgehead atoms. The van der Waals surface area contributed by atoms with E-state index in [2.05, 4.69) is 27.5 Å². The zero-order valence-electron chi connectivity index (χ0n) is 11.8. The van der Waals surface area contributed by atoms with E-state index in [-0.39, 0.29) is 5.91 Å². The van der Waals surface area contributed by atoms with Crippen molar-refractivity contribution in [3.8, 4) is 0 Å². The van der Waals surface area contributed by atoms with Gasteiger partial charge in [-0.05, 0) is 37.3 Å². The number of thioether (sulfide) groups is 1. The van der Waals surface area contributed by atoms with Gasteiger partial charge in [0, 0.05) is 35.4 Å². The first-order valence-corrected chi connectivity index (χ1v) is 9.24. The maximum atomic E-state index is 12.4. The summed E-state index contributed by atoms with van der Waals surface area (Å²) in [4.78, 5) is 19.2. The number of nitrogens with one attached hydrogen (secondary N) is 1. The molecule has 1 N–H and O–H groups in total. The molecule has 1 amide bonds. The minimum absolute atomic E-state index is 0.0326. The molecule has 2 saturated heterocycles. The van der Waals surface area contributed by atoms with Crippen molar-refractivity contribution in [1.29, 1.82) is 0 Å². The Morgan fingerprint density at radius 3 is 3.10 bits per heavy atom. The number of thiophene rings is 1. The highest BCUT2D eigenvalue weighted by Crippen LogP contribution is 2.32. The van der Waals surface area contributed by atoms with Gasteiger partial charge >= 0.3 is 0 Å². The van der Waals surface area contributed by atoms with Crippen LogP contribution in [-0.4, -0.2) is 47.7 Å². The van der Waals surface area contributed by atoms with E-state index < -0.39 is 0 Å². The lowest BCUT2D eigenvalue weighted by molar-refractivity contribution is 0.0919. The summed E-state index contributed by atoms with van der Waals surface area (Å²) in [6, 6.07) is 4.35. The normalized spacial score (nSPS) is 27.4. The van der Waals surface area contributed by atoms with E-state index in [0.717, 1.165) is 23.2 Å². The number of hydrogen-bond acceptors (Lipinski definition) is 5. The number of carbonyl (C=O) groups is 1. The van der Waals surface area contributed by atoms with Crippen LogP contribution in [-0.2, 0) is 0 Å². The van der Waals surface area contributed by atoms with Gasteiger partial charge < -0.3 is 10.2 Å². The highest BCUT2D eigenvalue weighted by molar-refractivity contribution is 8.00. The summed E-state index contributed by atoms with van der Waals surface area (Å²) in [5.74, 6) is 0.595. The first kappa shape index (κ1) is 13.5. The topological polar surface area (TPSA) is 45.2 Å². The maximum absolute atomic E-state index is 12.4. The molecule has 21 heavy (non-hydrogen) atoms. The van der Waals surface area contributed by atoms with Crippen LogP contribution in [0.4, 0.5) is 0 Å². The molecular weight excluding hydrogens is 302 g/mol. The molecular formula is C15H17N3OS2. The van der Waals surface area contributed by atoms with Gasteiger partial charge in [-0.1, -0.05) is 0 Å². The smallest absolute Gasteiger partial charge is 0.270 e. The predicted octanol–water partition coefficient (Wildman–Crippen LogP) is 2.45. The summed E-state index contributed by atoms with van der Waals surface area (Å²) in [6.07, 6.45) is 5.08. The average Bonchev–Trinajstić information content (AvgIpc) is 3.20. The van der Waals surface area contributed by atoms with Gasteiger partial charge in [0.1, 0.15) is 5.69 Å². The Morgan fingerprint density at radius 1 is 1.48 bits per heavy atom. The molecule has 2 aliphatic heterocycles. The van der Waals surface area contributed by atoms with E-state index in [9.17, 15) is 4.79 Å². The van der Waals surface area contributed by atoms with Crippen molar-refractivity contribution < 1.29 is 4.79 Å². The Hall–Kier alpha value is -1.11. The molecule has 2 aliphatic rings. The fraction of sp³-hybridized carbons (Fsp3) is 0.467. The summed E-state index contributed by atoms with van der Waals surface area (Å²) < 4.78 is 2.39. The number of hydrogen-bond donors (Lipinski definition) is 1. The van der Waals surface area contributed by atoms with E-state index in [1.807, 2.05) is 12.3 Å². The number of aromatic nitrogens is 1. The largest absolute Gasteiger partial charge is 0.346 e. The molecule has 0 aliphatic carbocycles.